The molecule has 0 unspecified atom stereocenters. The van der Waals surface area contributed by atoms with E-state index in [0.29, 0.717) is 12.2 Å². The van der Waals surface area contributed by atoms with E-state index in [2.05, 4.69) is 24.5 Å². The summed E-state index contributed by atoms with van der Waals surface area (Å²) in [6.45, 7) is 5.83. The molecule has 0 atom stereocenters. The molecule has 180 valence electrons. The normalized spacial score (nSPS) is 10.5. The fourth-order valence-corrected chi connectivity index (χ4v) is 3.50. The number of ether oxygens (including phenoxy) is 2. The fraction of sp³-hybridized carbons (Fsp3) is 0.481. The van der Waals surface area contributed by atoms with Crippen LogP contribution in [0.2, 0.25) is 0 Å². The molecule has 0 aliphatic heterocycles. The second-order valence-corrected chi connectivity index (χ2v) is 8.54. The maximum atomic E-state index is 12.5. The van der Waals surface area contributed by atoms with E-state index in [1.54, 1.807) is 12.1 Å². The zero-order valence-corrected chi connectivity index (χ0v) is 20.8. The smallest absolute Gasteiger partial charge is 0.257 e. The maximum absolute atomic E-state index is 12.5. The van der Waals surface area contributed by atoms with Gasteiger partial charge in [-0.3, -0.25) is 10.1 Å². The zero-order chi connectivity index (χ0) is 23.7. The van der Waals surface area contributed by atoms with Crippen molar-refractivity contribution in [3.05, 3.63) is 54.1 Å². The Hall–Kier alpha value is -2.60. The predicted octanol–water partition coefficient (Wildman–Crippen LogP) is 7.12. The van der Waals surface area contributed by atoms with Gasteiger partial charge in [-0.2, -0.15) is 0 Å². The topological polar surface area (TPSA) is 59.6 Å². The number of rotatable bonds is 15. The van der Waals surface area contributed by atoms with E-state index >= 15 is 0 Å². The monoisotopic (exact) mass is 470 g/mol. The van der Waals surface area contributed by atoms with E-state index in [-0.39, 0.29) is 11.0 Å². The minimum absolute atomic E-state index is 0.251. The van der Waals surface area contributed by atoms with Gasteiger partial charge in [-0.25, -0.2) is 0 Å². The third kappa shape index (κ3) is 11.2. The lowest BCUT2D eigenvalue weighted by molar-refractivity contribution is 0.0977. The van der Waals surface area contributed by atoms with Crippen molar-refractivity contribution >= 4 is 28.9 Å². The van der Waals surface area contributed by atoms with Crippen molar-refractivity contribution in [3.8, 4) is 11.5 Å². The Kier molecular flexibility index (Phi) is 13.0. The minimum atomic E-state index is -0.259. The Morgan fingerprint density at radius 3 is 1.76 bits per heavy atom. The van der Waals surface area contributed by atoms with Gasteiger partial charge in [0.05, 0.1) is 13.2 Å². The van der Waals surface area contributed by atoms with Crippen molar-refractivity contribution in [3.63, 3.8) is 0 Å². The molecule has 0 aliphatic carbocycles. The molecule has 0 saturated carbocycles. The first-order valence-electron chi connectivity index (χ1n) is 12.2. The molecule has 0 saturated heterocycles. The fourth-order valence-electron chi connectivity index (χ4n) is 3.29. The molecule has 1 amide bonds. The van der Waals surface area contributed by atoms with Gasteiger partial charge in [0.1, 0.15) is 11.5 Å². The SMILES string of the molecule is CCCCCCCOc1ccc(NC(=S)NC(=O)c2ccc(OCCCCCC)cc2)cc1. The van der Waals surface area contributed by atoms with Crippen molar-refractivity contribution in [1.29, 1.82) is 0 Å². The van der Waals surface area contributed by atoms with E-state index in [0.717, 1.165) is 36.6 Å². The second kappa shape index (κ2) is 16.1. The molecule has 33 heavy (non-hydrogen) atoms. The largest absolute Gasteiger partial charge is 0.494 e. The first kappa shape index (κ1) is 26.7. The van der Waals surface area contributed by atoms with Crippen LogP contribution >= 0.6 is 12.2 Å². The first-order valence-corrected chi connectivity index (χ1v) is 12.6. The molecule has 0 radical (unpaired) electrons. The minimum Gasteiger partial charge on any atom is -0.494 e. The number of anilines is 1. The summed E-state index contributed by atoms with van der Waals surface area (Å²) >= 11 is 5.28. The second-order valence-electron chi connectivity index (χ2n) is 8.13. The van der Waals surface area contributed by atoms with Crippen LogP contribution in [0.1, 0.15) is 82.0 Å². The van der Waals surface area contributed by atoms with Gasteiger partial charge in [0.25, 0.3) is 5.91 Å². The van der Waals surface area contributed by atoms with Crippen LogP contribution in [0.3, 0.4) is 0 Å². The van der Waals surface area contributed by atoms with Crippen LogP contribution in [0.25, 0.3) is 0 Å². The first-order chi connectivity index (χ1) is 16.1. The molecular formula is C27H38N2O3S. The lowest BCUT2D eigenvalue weighted by Crippen LogP contribution is -2.34. The maximum Gasteiger partial charge on any atom is 0.257 e. The summed E-state index contributed by atoms with van der Waals surface area (Å²) in [6.07, 6.45) is 10.7. The van der Waals surface area contributed by atoms with Crippen molar-refractivity contribution in [2.75, 3.05) is 18.5 Å². The van der Waals surface area contributed by atoms with E-state index < -0.39 is 0 Å². The van der Waals surface area contributed by atoms with Crippen LogP contribution in [-0.2, 0) is 0 Å². The van der Waals surface area contributed by atoms with E-state index in [1.807, 2.05) is 36.4 Å². The standard InChI is InChI=1S/C27H38N2O3S/c1-3-5-7-9-11-21-32-25-18-14-23(15-19-25)28-27(33)29-26(30)22-12-16-24(17-13-22)31-20-10-8-6-4-2/h12-19H,3-11,20-21H2,1-2H3,(H2,28,29,30,33). The van der Waals surface area contributed by atoms with Crippen molar-refractivity contribution in [1.82, 2.24) is 5.32 Å². The number of carbonyl (C=O) groups is 1. The summed E-state index contributed by atoms with van der Waals surface area (Å²) in [5.74, 6) is 1.34. The molecular weight excluding hydrogens is 432 g/mol. The van der Waals surface area contributed by atoms with Crippen LogP contribution < -0.4 is 20.1 Å². The number of nitrogens with one attached hydrogen (secondary N) is 2. The molecule has 0 aliphatic rings. The number of benzene rings is 2. The van der Waals surface area contributed by atoms with Crippen molar-refractivity contribution in [2.24, 2.45) is 0 Å². The molecule has 0 fully saturated rings. The van der Waals surface area contributed by atoms with Crippen LogP contribution in [0.15, 0.2) is 48.5 Å². The summed E-state index contributed by atoms with van der Waals surface area (Å²) < 4.78 is 11.5. The average Bonchev–Trinajstić information content (AvgIpc) is 2.82. The van der Waals surface area contributed by atoms with Crippen LogP contribution in [0.5, 0.6) is 11.5 Å². The lowest BCUT2D eigenvalue weighted by Gasteiger charge is -2.11. The van der Waals surface area contributed by atoms with Gasteiger partial charge in [0.2, 0.25) is 0 Å². The van der Waals surface area contributed by atoms with Crippen LogP contribution in [0.4, 0.5) is 5.69 Å². The van der Waals surface area contributed by atoms with Gasteiger partial charge in [-0.05, 0) is 73.6 Å². The predicted molar refractivity (Wildman–Crippen MR) is 140 cm³/mol. The third-order valence-electron chi connectivity index (χ3n) is 5.24. The molecule has 2 N–H and O–H groups in total. The molecule has 2 aromatic carbocycles. The van der Waals surface area contributed by atoms with Crippen molar-refractivity contribution < 1.29 is 14.3 Å². The molecule has 0 aromatic heterocycles. The van der Waals surface area contributed by atoms with E-state index in [4.69, 9.17) is 21.7 Å². The highest BCUT2D eigenvalue weighted by atomic mass is 32.1. The van der Waals surface area contributed by atoms with Gasteiger partial charge in [0.15, 0.2) is 5.11 Å². The number of amides is 1. The Balaban J connectivity index is 1.70. The van der Waals surface area contributed by atoms with E-state index in [9.17, 15) is 4.79 Å². The summed E-state index contributed by atoms with van der Waals surface area (Å²) in [6, 6.07) is 14.7. The Labute approximate surface area is 204 Å². The summed E-state index contributed by atoms with van der Waals surface area (Å²) in [5.41, 5.74) is 1.32. The number of thiocarbonyl (C=S) groups is 1. The number of carbonyl (C=O) groups excluding carboxylic acids is 1. The quantitative estimate of drug-likeness (QED) is 0.214. The Morgan fingerprint density at radius 2 is 1.21 bits per heavy atom. The molecule has 2 aromatic rings. The molecule has 6 heteroatoms. The molecule has 0 heterocycles. The van der Waals surface area contributed by atoms with E-state index in [1.165, 1.54) is 44.9 Å². The molecule has 0 spiro atoms. The van der Waals surface area contributed by atoms with Crippen molar-refractivity contribution in [2.45, 2.75) is 71.6 Å². The molecule has 0 bridgehead atoms. The number of hydrogen-bond acceptors (Lipinski definition) is 4. The van der Waals surface area contributed by atoms with Gasteiger partial charge in [-0.15, -0.1) is 0 Å². The number of hydrogen-bond donors (Lipinski definition) is 2. The summed E-state index contributed by atoms with van der Waals surface area (Å²) in [4.78, 5) is 12.5. The number of unbranched alkanes of at least 4 members (excludes halogenated alkanes) is 7. The lowest BCUT2D eigenvalue weighted by atomic mass is 10.2. The van der Waals surface area contributed by atoms with Gasteiger partial charge >= 0.3 is 0 Å². The van der Waals surface area contributed by atoms with Gasteiger partial charge < -0.3 is 14.8 Å². The Morgan fingerprint density at radius 1 is 0.727 bits per heavy atom. The average molecular weight is 471 g/mol. The molecule has 2 rings (SSSR count). The van der Waals surface area contributed by atoms with Crippen LogP contribution in [0, 0.1) is 0 Å². The third-order valence-corrected chi connectivity index (χ3v) is 5.44. The van der Waals surface area contributed by atoms with Gasteiger partial charge in [-0.1, -0.05) is 58.8 Å². The Bertz CT molecular complexity index is 822. The highest BCUT2D eigenvalue weighted by Gasteiger charge is 2.08. The summed E-state index contributed by atoms with van der Waals surface area (Å²) in [7, 11) is 0. The van der Waals surface area contributed by atoms with Crippen LogP contribution in [-0.4, -0.2) is 24.2 Å². The van der Waals surface area contributed by atoms with Gasteiger partial charge in [0, 0.05) is 11.3 Å². The summed E-state index contributed by atoms with van der Waals surface area (Å²) in [5, 5.41) is 6.00. The highest BCUT2D eigenvalue weighted by Crippen LogP contribution is 2.17. The highest BCUT2D eigenvalue weighted by molar-refractivity contribution is 7.80. The molecule has 5 nitrogen and oxygen atoms in total. The zero-order valence-electron chi connectivity index (χ0n) is 20.0.